The molecule has 28 heavy (non-hydrogen) atoms. The highest BCUT2D eigenvalue weighted by Crippen LogP contribution is 2.25. The molecule has 158 valence electrons. The third-order valence-electron chi connectivity index (χ3n) is 4.76. The van der Waals surface area contributed by atoms with Crippen molar-refractivity contribution in [3.63, 3.8) is 0 Å². The number of ether oxygens (including phenoxy) is 1. The van der Waals surface area contributed by atoms with Gasteiger partial charge in [0.05, 0.1) is 6.10 Å². The first-order chi connectivity index (χ1) is 13.5. The molecule has 1 amide bonds. The molecule has 1 aliphatic heterocycles. The second kappa shape index (κ2) is 11.6. The highest BCUT2D eigenvalue weighted by atomic mass is 28.4. The lowest BCUT2D eigenvalue weighted by Crippen LogP contribution is -2.46. The topological polar surface area (TPSA) is 57.2 Å². The highest BCUT2D eigenvalue weighted by molar-refractivity contribution is 6.60. The number of anilines is 1. The van der Waals surface area contributed by atoms with Crippen LogP contribution >= 0.6 is 0 Å². The average molecular weight is 410 g/mol. The van der Waals surface area contributed by atoms with Gasteiger partial charge in [-0.3, -0.25) is 4.79 Å². The minimum absolute atomic E-state index is 0.00992. The van der Waals surface area contributed by atoms with Crippen LogP contribution in [-0.4, -0.2) is 47.2 Å². The molecular weight excluding hydrogens is 374 g/mol. The zero-order valence-electron chi connectivity index (χ0n) is 17.7. The summed E-state index contributed by atoms with van der Waals surface area (Å²) in [6, 6.07) is 8.53. The van der Waals surface area contributed by atoms with Gasteiger partial charge in [0.15, 0.2) is 0 Å². The van der Waals surface area contributed by atoms with E-state index in [9.17, 15) is 4.79 Å². The molecule has 1 aromatic carbocycles. The summed E-state index contributed by atoms with van der Waals surface area (Å²) in [5, 5.41) is 0. The quantitative estimate of drug-likeness (QED) is 0.479. The zero-order chi connectivity index (χ0) is 20.4. The monoisotopic (exact) mass is 409 g/mol. The summed E-state index contributed by atoms with van der Waals surface area (Å²) < 4.78 is 23.8. The minimum Gasteiger partial charge on any atom is -0.491 e. The van der Waals surface area contributed by atoms with Gasteiger partial charge in [0.1, 0.15) is 5.75 Å². The second-order valence-corrected chi connectivity index (χ2v) is 9.68. The van der Waals surface area contributed by atoms with Crippen LogP contribution in [0.2, 0.25) is 6.04 Å². The van der Waals surface area contributed by atoms with Gasteiger partial charge in [-0.05, 0) is 71.2 Å². The van der Waals surface area contributed by atoms with E-state index in [2.05, 4.69) is 0 Å². The van der Waals surface area contributed by atoms with Crippen LogP contribution < -0.4 is 9.64 Å². The van der Waals surface area contributed by atoms with Crippen molar-refractivity contribution in [2.24, 2.45) is 0 Å². The number of piperidine rings is 1. The third kappa shape index (κ3) is 6.58. The van der Waals surface area contributed by atoms with Gasteiger partial charge in [-0.1, -0.05) is 0 Å². The Bertz CT molecular complexity index is 578. The second-order valence-electron chi connectivity index (χ2n) is 6.95. The van der Waals surface area contributed by atoms with Gasteiger partial charge < -0.3 is 22.9 Å². The zero-order valence-corrected chi connectivity index (χ0v) is 18.7. The van der Waals surface area contributed by atoms with Crippen molar-refractivity contribution >= 4 is 20.4 Å². The maximum Gasteiger partial charge on any atom is 0.501 e. The standard InChI is InChI=1S/C21H35NO5Si/c1-5-24-28(25-6-2,26-7-3)17-15-18(4)27-20-13-11-19(12-14-20)22-16-9-8-10-21(22)23/h11-14,18H,5-10,15-17H2,1-4H3. The Balaban J connectivity index is 1.90. The molecule has 2 rings (SSSR count). The summed E-state index contributed by atoms with van der Waals surface area (Å²) in [5.74, 6) is 1.01. The fourth-order valence-electron chi connectivity index (χ4n) is 3.46. The Morgan fingerprint density at radius 1 is 1.00 bits per heavy atom. The number of benzene rings is 1. The SMILES string of the molecule is CCO[Si](CCC(C)Oc1ccc(N2CCCCC2=O)cc1)(OCC)OCC. The smallest absolute Gasteiger partial charge is 0.491 e. The molecule has 0 aromatic heterocycles. The number of carbonyl (C=O) groups excluding carboxylic acids is 1. The Kier molecular flexibility index (Phi) is 9.44. The molecule has 0 saturated carbocycles. The number of carbonyl (C=O) groups is 1. The van der Waals surface area contributed by atoms with Crippen LogP contribution in [0.25, 0.3) is 0 Å². The van der Waals surface area contributed by atoms with Crippen LogP contribution in [0, 0.1) is 0 Å². The molecule has 0 N–H and O–H groups in total. The Morgan fingerprint density at radius 2 is 1.61 bits per heavy atom. The lowest BCUT2D eigenvalue weighted by Gasteiger charge is -2.29. The maximum absolute atomic E-state index is 12.1. The number of nitrogens with zero attached hydrogens (tertiary/aromatic N) is 1. The van der Waals surface area contributed by atoms with E-state index in [0.29, 0.717) is 26.2 Å². The van der Waals surface area contributed by atoms with Gasteiger partial charge >= 0.3 is 8.80 Å². The molecule has 0 radical (unpaired) electrons. The molecule has 0 spiro atoms. The molecule has 1 aromatic rings. The van der Waals surface area contributed by atoms with E-state index in [1.54, 1.807) is 0 Å². The van der Waals surface area contributed by atoms with Crippen molar-refractivity contribution in [1.29, 1.82) is 0 Å². The van der Waals surface area contributed by atoms with Crippen molar-refractivity contribution in [3.8, 4) is 5.75 Å². The van der Waals surface area contributed by atoms with Crippen molar-refractivity contribution in [2.75, 3.05) is 31.3 Å². The molecule has 1 saturated heterocycles. The van der Waals surface area contributed by atoms with Gasteiger partial charge in [-0.15, -0.1) is 0 Å². The van der Waals surface area contributed by atoms with Crippen LogP contribution in [0.4, 0.5) is 5.69 Å². The fraction of sp³-hybridized carbons (Fsp3) is 0.667. The predicted molar refractivity (Wildman–Crippen MR) is 113 cm³/mol. The van der Waals surface area contributed by atoms with Gasteiger partial charge in [-0.2, -0.15) is 0 Å². The van der Waals surface area contributed by atoms with Crippen LogP contribution in [0.5, 0.6) is 5.75 Å². The minimum atomic E-state index is -2.64. The van der Waals surface area contributed by atoms with Gasteiger partial charge in [0, 0.05) is 44.5 Å². The number of hydrogen-bond donors (Lipinski definition) is 0. The summed E-state index contributed by atoms with van der Waals surface area (Å²) in [4.78, 5) is 13.9. The first kappa shape index (κ1) is 22.9. The van der Waals surface area contributed by atoms with Crippen LogP contribution in [-0.2, 0) is 18.1 Å². The molecule has 1 fully saturated rings. The Labute approximate surface area is 170 Å². The largest absolute Gasteiger partial charge is 0.501 e. The normalized spacial score (nSPS) is 16.3. The third-order valence-corrected chi connectivity index (χ3v) is 7.85. The molecule has 0 aliphatic carbocycles. The van der Waals surface area contributed by atoms with Gasteiger partial charge in [0.2, 0.25) is 5.91 Å². The first-order valence-electron chi connectivity index (χ1n) is 10.5. The molecular formula is C21H35NO5Si. The summed E-state index contributed by atoms with van der Waals surface area (Å²) in [6.07, 6.45) is 3.49. The average Bonchev–Trinajstić information content (AvgIpc) is 2.68. The number of rotatable bonds is 12. The van der Waals surface area contributed by atoms with E-state index in [1.165, 1.54) is 0 Å². The number of hydrogen-bond acceptors (Lipinski definition) is 5. The summed E-state index contributed by atoms with van der Waals surface area (Å²) in [7, 11) is -2.64. The molecule has 1 heterocycles. The van der Waals surface area contributed by atoms with E-state index in [4.69, 9.17) is 18.0 Å². The van der Waals surface area contributed by atoms with Crippen LogP contribution in [0.1, 0.15) is 53.4 Å². The van der Waals surface area contributed by atoms with E-state index < -0.39 is 8.80 Å². The molecule has 7 heteroatoms. The lowest BCUT2D eigenvalue weighted by atomic mass is 10.1. The lowest BCUT2D eigenvalue weighted by molar-refractivity contribution is -0.119. The van der Waals surface area contributed by atoms with Crippen molar-refractivity contribution < 1.29 is 22.8 Å². The molecule has 1 unspecified atom stereocenters. The number of amides is 1. The Hall–Kier alpha value is -1.41. The van der Waals surface area contributed by atoms with E-state index >= 15 is 0 Å². The van der Waals surface area contributed by atoms with Gasteiger partial charge in [0.25, 0.3) is 0 Å². The van der Waals surface area contributed by atoms with E-state index in [1.807, 2.05) is 56.9 Å². The van der Waals surface area contributed by atoms with Crippen LogP contribution in [0.15, 0.2) is 24.3 Å². The molecule has 6 nitrogen and oxygen atoms in total. The van der Waals surface area contributed by atoms with Gasteiger partial charge in [-0.25, -0.2) is 0 Å². The highest BCUT2D eigenvalue weighted by Gasteiger charge is 2.40. The Morgan fingerprint density at radius 3 is 2.14 bits per heavy atom. The summed E-state index contributed by atoms with van der Waals surface area (Å²) in [5.41, 5.74) is 0.945. The molecule has 1 atom stereocenters. The van der Waals surface area contributed by atoms with Crippen molar-refractivity contribution in [1.82, 2.24) is 0 Å². The first-order valence-corrected chi connectivity index (χ1v) is 12.5. The van der Waals surface area contributed by atoms with E-state index in [0.717, 1.165) is 43.3 Å². The summed E-state index contributed by atoms with van der Waals surface area (Å²) in [6.45, 7) is 10.5. The maximum atomic E-state index is 12.1. The van der Waals surface area contributed by atoms with Crippen LogP contribution in [0.3, 0.4) is 0 Å². The fourth-order valence-corrected chi connectivity index (χ4v) is 6.22. The predicted octanol–water partition coefficient (Wildman–Crippen LogP) is 4.41. The molecule has 1 aliphatic rings. The van der Waals surface area contributed by atoms with E-state index in [-0.39, 0.29) is 12.0 Å². The molecule has 0 bridgehead atoms. The van der Waals surface area contributed by atoms with Crippen molar-refractivity contribution in [3.05, 3.63) is 24.3 Å². The van der Waals surface area contributed by atoms with Crippen molar-refractivity contribution in [2.45, 2.75) is 65.5 Å². The summed E-state index contributed by atoms with van der Waals surface area (Å²) >= 11 is 0.